The molecule has 0 atom stereocenters. The fraction of sp³-hybridized carbons (Fsp3) is 0.235. The van der Waals surface area contributed by atoms with E-state index in [1.54, 1.807) is 25.3 Å². The molecule has 0 aliphatic rings. The van der Waals surface area contributed by atoms with E-state index in [1.807, 2.05) is 6.92 Å². The maximum Gasteiger partial charge on any atom is 0.426 e. The number of aromatic nitrogens is 6. The first kappa shape index (κ1) is 25.6. The Morgan fingerprint density at radius 3 is 2.00 bits per heavy atom. The third kappa shape index (κ3) is 6.77. The van der Waals surface area contributed by atoms with Gasteiger partial charge in [0, 0.05) is 23.8 Å². The van der Waals surface area contributed by atoms with Crippen molar-refractivity contribution in [1.82, 2.24) is 29.9 Å². The van der Waals surface area contributed by atoms with Crippen molar-refractivity contribution >= 4 is 18.2 Å². The third-order valence-corrected chi connectivity index (χ3v) is 3.34. The maximum absolute atomic E-state index is 13.6. The van der Waals surface area contributed by atoms with Crippen molar-refractivity contribution in [3.8, 4) is 17.5 Å². The van der Waals surface area contributed by atoms with Crippen LogP contribution in [0, 0.1) is 25.2 Å². The SMILES string of the molecule is COc1nc(-c2nccc(C)n2)nc(F)c1C(F)(F)F.Cc1ccnc(C(=N)N)n1.Cl. The van der Waals surface area contributed by atoms with Crippen LogP contribution in [0.1, 0.15) is 22.8 Å². The number of hydrogen-bond donors (Lipinski definition) is 2. The molecular formula is C17H17ClF4N8O. The molecule has 0 radical (unpaired) electrons. The Balaban J connectivity index is 0.000000370. The van der Waals surface area contributed by atoms with Gasteiger partial charge < -0.3 is 10.5 Å². The van der Waals surface area contributed by atoms with Crippen LogP contribution in [0.25, 0.3) is 11.6 Å². The molecule has 0 amide bonds. The van der Waals surface area contributed by atoms with Crippen molar-refractivity contribution in [2.75, 3.05) is 7.11 Å². The lowest BCUT2D eigenvalue weighted by Crippen LogP contribution is -2.15. The maximum atomic E-state index is 13.6. The van der Waals surface area contributed by atoms with Gasteiger partial charge >= 0.3 is 6.18 Å². The second-order valence-corrected chi connectivity index (χ2v) is 5.68. The average Bonchev–Trinajstić information content (AvgIpc) is 2.66. The molecule has 0 aliphatic heterocycles. The quantitative estimate of drug-likeness (QED) is 0.263. The highest BCUT2D eigenvalue weighted by Gasteiger charge is 2.40. The summed E-state index contributed by atoms with van der Waals surface area (Å²) in [4.78, 5) is 22.0. The molecule has 0 bridgehead atoms. The Hall–Kier alpha value is -3.48. The number of methoxy groups -OCH3 is 1. The second-order valence-electron chi connectivity index (χ2n) is 5.68. The number of alkyl halides is 3. The van der Waals surface area contributed by atoms with Gasteiger partial charge in [-0.15, -0.1) is 12.4 Å². The van der Waals surface area contributed by atoms with Gasteiger partial charge in [0.1, 0.15) is 0 Å². The lowest BCUT2D eigenvalue weighted by Gasteiger charge is -2.12. The summed E-state index contributed by atoms with van der Waals surface area (Å²) >= 11 is 0. The summed E-state index contributed by atoms with van der Waals surface area (Å²) in [5.41, 5.74) is 4.84. The zero-order chi connectivity index (χ0) is 22.5. The van der Waals surface area contributed by atoms with Crippen LogP contribution >= 0.6 is 12.4 Å². The van der Waals surface area contributed by atoms with Gasteiger partial charge in [0.2, 0.25) is 17.7 Å². The van der Waals surface area contributed by atoms with E-state index in [4.69, 9.17) is 11.1 Å². The first-order valence-electron chi connectivity index (χ1n) is 8.15. The molecule has 3 heterocycles. The molecule has 3 aromatic rings. The average molecular weight is 461 g/mol. The number of hydrogen-bond acceptors (Lipinski definition) is 8. The van der Waals surface area contributed by atoms with Crippen LogP contribution in [0.5, 0.6) is 5.88 Å². The molecule has 3 rings (SSSR count). The minimum Gasteiger partial charge on any atom is -0.480 e. The largest absolute Gasteiger partial charge is 0.480 e. The van der Waals surface area contributed by atoms with Crippen LogP contribution < -0.4 is 10.5 Å². The number of amidine groups is 1. The zero-order valence-electron chi connectivity index (χ0n) is 16.4. The third-order valence-electron chi connectivity index (χ3n) is 3.34. The fourth-order valence-electron chi connectivity index (χ4n) is 2.04. The van der Waals surface area contributed by atoms with Gasteiger partial charge in [-0.25, -0.2) is 19.9 Å². The molecule has 0 fully saturated rings. The van der Waals surface area contributed by atoms with Crippen LogP contribution in [0.15, 0.2) is 24.5 Å². The van der Waals surface area contributed by atoms with Crippen LogP contribution in [-0.2, 0) is 6.18 Å². The van der Waals surface area contributed by atoms with Crippen molar-refractivity contribution in [2.24, 2.45) is 5.73 Å². The first-order valence-corrected chi connectivity index (χ1v) is 8.15. The minimum atomic E-state index is -4.96. The van der Waals surface area contributed by atoms with Gasteiger partial charge in [0.25, 0.3) is 0 Å². The van der Waals surface area contributed by atoms with Gasteiger partial charge in [-0.2, -0.15) is 27.5 Å². The van der Waals surface area contributed by atoms with Crippen LogP contribution in [0.4, 0.5) is 17.6 Å². The van der Waals surface area contributed by atoms with Crippen molar-refractivity contribution < 1.29 is 22.3 Å². The van der Waals surface area contributed by atoms with Gasteiger partial charge in [0.15, 0.2) is 23.0 Å². The number of nitrogen functional groups attached to an aromatic ring is 1. The van der Waals surface area contributed by atoms with E-state index >= 15 is 0 Å². The summed E-state index contributed by atoms with van der Waals surface area (Å²) in [5.74, 6) is -2.91. The van der Waals surface area contributed by atoms with E-state index in [0.29, 0.717) is 11.5 Å². The molecule has 0 aliphatic carbocycles. The van der Waals surface area contributed by atoms with E-state index in [2.05, 4.69) is 34.6 Å². The number of nitrogens with one attached hydrogen (secondary N) is 1. The Morgan fingerprint density at radius 1 is 0.968 bits per heavy atom. The normalized spacial score (nSPS) is 10.4. The smallest absolute Gasteiger partial charge is 0.426 e. The number of nitrogens with two attached hydrogens (primary N) is 1. The highest BCUT2D eigenvalue weighted by atomic mass is 35.5. The summed E-state index contributed by atoms with van der Waals surface area (Å²) in [6, 6.07) is 3.33. The number of halogens is 5. The Labute approximate surface area is 180 Å². The highest BCUT2D eigenvalue weighted by Crippen LogP contribution is 2.37. The number of rotatable bonds is 3. The lowest BCUT2D eigenvalue weighted by atomic mass is 10.3. The molecule has 166 valence electrons. The highest BCUT2D eigenvalue weighted by molar-refractivity contribution is 5.91. The van der Waals surface area contributed by atoms with E-state index in [-0.39, 0.29) is 29.9 Å². The number of nitrogens with zero attached hydrogens (tertiary/aromatic N) is 6. The molecule has 0 aromatic carbocycles. The molecule has 3 N–H and O–H groups in total. The van der Waals surface area contributed by atoms with Gasteiger partial charge in [-0.3, -0.25) is 5.41 Å². The monoisotopic (exact) mass is 460 g/mol. The topological polar surface area (TPSA) is 136 Å². The van der Waals surface area contributed by atoms with Gasteiger partial charge in [-0.05, 0) is 26.0 Å². The lowest BCUT2D eigenvalue weighted by molar-refractivity contribution is -0.142. The number of aryl methyl sites for hydroxylation is 2. The van der Waals surface area contributed by atoms with Crippen LogP contribution in [0.3, 0.4) is 0 Å². The van der Waals surface area contributed by atoms with E-state index in [0.717, 1.165) is 12.8 Å². The van der Waals surface area contributed by atoms with E-state index in [1.165, 1.54) is 6.20 Å². The molecule has 0 spiro atoms. The van der Waals surface area contributed by atoms with Crippen molar-refractivity contribution in [3.63, 3.8) is 0 Å². The predicted molar refractivity (Wildman–Crippen MR) is 104 cm³/mol. The Bertz CT molecular complexity index is 1060. The van der Waals surface area contributed by atoms with Gasteiger partial charge in [-0.1, -0.05) is 0 Å². The molecule has 3 aromatic heterocycles. The fourth-order valence-corrected chi connectivity index (χ4v) is 2.04. The molecule has 0 unspecified atom stereocenters. The molecule has 14 heteroatoms. The molecule has 9 nitrogen and oxygen atoms in total. The Kier molecular flexibility index (Phi) is 8.67. The van der Waals surface area contributed by atoms with Crippen molar-refractivity contribution in [1.29, 1.82) is 5.41 Å². The van der Waals surface area contributed by atoms with Crippen molar-refractivity contribution in [2.45, 2.75) is 20.0 Å². The Morgan fingerprint density at radius 2 is 1.55 bits per heavy atom. The second kappa shape index (κ2) is 10.5. The molecule has 0 saturated heterocycles. The molecular weight excluding hydrogens is 444 g/mol. The van der Waals surface area contributed by atoms with E-state index in [9.17, 15) is 17.6 Å². The standard InChI is InChI=1S/C11H8F4N4O.C6H8N4.ClH/c1-5-3-4-16-8(17-5)9-18-7(12)6(11(13,14)15)10(19-9)20-2;1-4-2-3-9-6(10-4)5(7)8;/h3-4H,1-2H3;2-3H,1H3,(H3,7,8);1H. The minimum absolute atomic E-state index is 0. The van der Waals surface area contributed by atoms with E-state index < -0.39 is 23.6 Å². The van der Waals surface area contributed by atoms with Gasteiger partial charge in [0.05, 0.1) is 7.11 Å². The predicted octanol–water partition coefficient (Wildman–Crippen LogP) is 2.90. The van der Waals surface area contributed by atoms with Crippen LogP contribution in [0.2, 0.25) is 0 Å². The van der Waals surface area contributed by atoms with Crippen LogP contribution in [-0.4, -0.2) is 42.8 Å². The summed E-state index contributed by atoms with van der Waals surface area (Å²) in [6.07, 6.45) is -2.01. The number of ether oxygens (including phenoxy) is 1. The molecule has 0 saturated carbocycles. The summed E-state index contributed by atoms with van der Waals surface area (Å²) in [5, 5.41) is 6.98. The summed E-state index contributed by atoms with van der Waals surface area (Å²) < 4.78 is 56.0. The summed E-state index contributed by atoms with van der Waals surface area (Å²) in [7, 11) is 0.956. The molecule has 31 heavy (non-hydrogen) atoms. The first-order chi connectivity index (χ1) is 14.0. The summed E-state index contributed by atoms with van der Waals surface area (Å²) in [6.45, 7) is 3.47. The van der Waals surface area contributed by atoms with Crippen molar-refractivity contribution in [3.05, 3.63) is 53.2 Å². The zero-order valence-corrected chi connectivity index (χ0v) is 17.2.